The average molecular weight is 292 g/mol. The van der Waals surface area contributed by atoms with Gasteiger partial charge in [-0.3, -0.25) is 0 Å². The van der Waals surface area contributed by atoms with Crippen molar-refractivity contribution in [1.82, 2.24) is 0 Å². The van der Waals surface area contributed by atoms with Gasteiger partial charge in [0.1, 0.15) is 6.07 Å². The van der Waals surface area contributed by atoms with Crippen molar-refractivity contribution in [3.63, 3.8) is 0 Å². The van der Waals surface area contributed by atoms with Crippen molar-refractivity contribution in [1.29, 1.82) is 5.26 Å². The van der Waals surface area contributed by atoms with E-state index in [1.54, 1.807) is 26.8 Å². The molecule has 0 aliphatic heterocycles. The Morgan fingerprint density at radius 2 is 2.24 bits per heavy atom. The first-order valence-corrected chi connectivity index (χ1v) is 6.48. The van der Waals surface area contributed by atoms with E-state index in [2.05, 4.69) is 5.32 Å². The van der Waals surface area contributed by atoms with Gasteiger partial charge < -0.3 is 14.8 Å². The zero-order valence-corrected chi connectivity index (χ0v) is 12.1. The maximum absolute atomic E-state index is 13.5. The summed E-state index contributed by atoms with van der Waals surface area (Å²) in [5, 5.41) is 11.6. The van der Waals surface area contributed by atoms with Crippen LogP contribution in [0.5, 0.6) is 5.75 Å². The van der Waals surface area contributed by atoms with Gasteiger partial charge in [-0.05, 0) is 32.9 Å². The van der Waals surface area contributed by atoms with Gasteiger partial charge in [0.05, 0.1) is 12.7 Å². The summed E-state index contributed by atoms with van der Waals surface area (Å²) in [5.41, 5.74) is 0.316. The van der Waals surface area contributed by atoms with Crippen LogP contribution in [-0.4, -0.2) is 18.7 Å². The molecule has 1 rings (SSSR count). The van der Waals surface area contributed by atoms with Gasteiger partial charge in [-0.15, -0.1) is 0 Å². The van der Waals surface area contributed by atoms with Crippen LogP contribution in [0.25, 0.3) is 0 Å². The summed E-state index contributed by atoms with van der Waals surface area (Å²) < 4.78 is 23.6. The van der Waals surface area contributed by atoms with E-state index in [4.69, 9.17) is 14.7 Å². The maximum atomic E-state index is 13.5. The molecule has 0 amide bonds. The molecular weight excluding hydrogens is 275 g/mol. The summed E-state index contributed by atoms with van der Waals surface area (Å²) in [6.45, 7) is 5.40. The number of nitrogens with one attached hydrogen (secondary N) is 1. The van der Waals surface area contributed by atoms with Gasteiger partial charge in [0.2, 0.25) is 0 Å². The van der Waals surface area contributed by atoms with Gasteiger partial charge in [-0.2, -0.15) is 5.26 Å². The van der Waals surface area contributed by atoms with Crippen molar-refractivity contribution in [2.24, 2.45) is 0 Å². The minimum absolute atomic E-state index is 0.0954. The molecule has 0 heterocycles. The van der Waals surface area contributed by atoms with Crippen LogP contribution < -0.4 is 10.1 Å². The number of carbonyl (C=O) groups excluding carboxylic acids is 1. The van der Waals surface area contributed by atoms with Gasteiger partial charge >= 0.3 is 5.97 Å². The number of esters is 1. The summed E-state index contributed by atoms with van der Waals surface area (Å²) >= 11 is 0. The topological polar surface area (TPSA) is 71.4 Å². The number of hydrogen-bond acceptors (Lipinski definition) is 5. The summed E-state index contributed by atoms with van der Waals surface area (Å²) in [4.78, 5) is 11.4. The third-order valence-electron chi connectivity index (χ3n) is 2.29. The fraction of sp³-hybridized carbons (Fsp3) is 0.333. The monoisotopic (exact) mass is 292 g/mol. The quantitative estimate of drug-likeness (QED) is 0.496. The standard InChI is InChI=1S/C15H17FN2O3/c1-4-20-15(19)11(8-17)9-18-12-5-6-13(16)14(7-12)21-10(2)3/h5-7,9-10,18H,4H2,1-3H3. The van der Waals surface area contributed by atoms with Gasteiger partial charge in [-0.1, -0.05) is 0 Å². The predicted octanol–water partition coefficient (Wildman–Crippen LogP) is 3.00. The predicted molar refractivity (Wildman–Crippen MR) is 76.1 cm³/mol. The van der Waals surface area contributed by atoms with E-state index in [9.17, 15) is 9.18 Å². The molecular formula is C15H17FN2O3. The highest BCUT2D eigenvalue weighted by Crippen LogP contribution is 2.23. The maximum Gasteiger partial charge on any atom is 0.350 e. The molecule has 0 spiro atoms. The molecule has 0 aliphatic carbocycles. The molecule has 0 aliphatic rings. The van der Waals surface area contributed by atoms with E-state index >= 15 is 0 Å². The Balaban J connectivity index is 2.88. The highest BCUT2D eigenvalue weighted by Gasteiger charge is 2.10. The minimum atomic E-state index is -0.715. The second-order valence-electron chi connectivity index (χ2n) is 4.35. The fourth-order valence-corrected chi connectivity index (χ4v) is 1.44. The Kier molecular flexibility index (Phi) is 6.21. The number of ether oxygens (including phenoxy) is 2. The summed E-state index contributed by atoms with van der Waals surface area (Å²) in [5.74, 6) is -1.10. The summed E-state index contributed by atoms with van der Waals surface area (Å²) in [7, 11) is 0. The molecule has 0 atom stereocenters. The fourth-order valence-electron chi connectivity index (χ4n) is 1.44. The number of rotatable bonds is 6. The lowest BCUT2D eigenvalue weighted by Gasteiger charge is -2.12. The molecule has 0 bridgehead atoms. The van der Waals surface area contributed by atoms with Crippen LogP contribution in [0.1, 0.15) is 20.8 Å². The number of nitriles is 1. The van der Waals surface area contributed by atoms with Crippen molar-refractivity contribution >= 4 is 11.7 Å². The second kappa shape index (κ2) is 7.90. The van der Waals surface area contributed by atoms with Crippen LogP contribution in [-0.2, 0) is 9.53 Å². The first kappa shape index (κ1) is 16.5. The molecule has 0 saturated heterocycles. The first-order valence-electron chi connectivity index (χ1n) is 6.48. The Labute approximate surface area is 123 Å². The van der Waals surface area contributed by atoms with E-state index in [0.29, 0.717) is 5.69 Å². The highest BCUT2D eigenvalue weighted by molar-refractivity contribution is 5.93. The van der Waals surface area contributed by atoms with Gasteiger partial charge in [0, 0.05) is 18.0 Å². The lowest BCUT2D eigenvalue weighted by molar-refractivity contribution is -0.138. The number of halogens is 1. The third kappa shape index (κ3) is 5.15. The summed E-state index contributed by atoms with van der Waals surface area (Å²) in [6.07, 6.45) is 1.05. The Morgan fingerprint density at radius 3 is 2.81 bits per heavy atom. The molecule has 0 saturated carbocycles. The normalized spacial score (nSPS) is 11.0. The lowest BCUT2D eigenvalue weighted by atomic mass is 10.2. The SMILES string of the molecule is CCOC(=O)C(C#N)=CNc1ccc(F)c(OC(C)C)c1. The van der Waals surface area contributed by atoms with E-state index < -0.39 is 11.8 Å². The van der Waals surface area contributed by atoms with Crippen molar-refractivity contribution < 1.29 is 18.7 Å². The highest BCUT2D eigenvalue weighted by atomic mass is 19.1. The minimum Gasteiger partial charge on any atom is -0.488 e. The number of hydrogen-bond donors (Lipinski definition) is 1. The molecule has 0 unspecified atom stereocenters. The van der Waals surface area contributed by atoms with Crippen LogP contribution in [0.3, 0.4) is 0 Å². The number of carbonyl (C=O) groups is 1. The van der Waals surface area contributed by atoms with Crippen LogP contribution >= 0.6 is 0 Å². The zero-order valence-electron chi connectivity index (χ0n) is 12.1. The molecule has 0 fully saturated rings. The Hall–Kier alpha value is -2.55. The number of anilines is 1. The van der Waals surface area contributed by atoms with E-state index in [1.165, 1.54) is 24.4 Å². The van der Waals surface area contributed by atoms with Crippen molar-refractivity contribution in [3.8, 4) is 11.8 Å². The first-order chi connectivity index (χ1) is 9.97. The molecule has 5 nitrogen and oxygen atoms in total. The van der Waals surface area contributed by atoms with Crippen molar-refractivity contribution in [3.05, 3.63) is 35.8 Å². The van der Waals surface area contributed by atoms with E-state index in [1.807, 2.05) is 0 Å². The van der Waals surface area contributed by atoms with Crippen LogP contribution in [0.15, 0.2) is 30.0 Å². The average Bonchev–Trinajstić information content (AvgIpc) is 2.42. The molecule has 1 N–H and O–H groups in total. The van der Waals surface area contributed by atoms with E-state index in [-0.39, 0.29) is 24.0 Å². The van der Waals surface area contributed by atoms with Crippen molar-refractivity contribution in [2.45, 2.75) is 26.9 Å². The molecule has 0 aromatic heterocycles. The van der Waals surface area contributed by atoms with Crippen LogP contribution in [0, 0.1) is 17.1 Å². The number of benzene rings is 1. The molecule has 6 heteroatoms. The second-order valence-corrected chi connectivity index (χ2v) is 4.35. The van der Waals surface area contributed by atoms with Gasteiger partial charge in [0.25, 0.3) is 0 Å². The molecule has 0 radical (unpaired) electrons. The van der Waals surface area contributed by atoms with E-state index in [0.717, 1.165) is 0 Å². The molecule has 112 valence electrons. The lowest BCUT2D eigenvalue weighted by Crippen LogP contribution is -2.08. The largest absolute Gasteiger partial charge is 0.488 e. The Morgan fingerprint density at radius 1 is 1.52 bits per heavy atom. The van der Waals surface area contributed by atoms with Gasteiger partial charge in [-0.25, -0.2) is 9.18 Å². The van der Waals surface area contributed by atoms with Crippen LogP contribution in [0.2, 0.25) is 0 Å². The van der Waals surface area contributed by atoms with Crippen LogP contribution in [0.4, 0.5) is 10.1 Å². The summed E-state index contributed by atoms with van der Waals surface area (Å²) in [6, 6.07) is 5.90. The zero-order chi connectivity index (χ0) is 15.8. The molecule has 1 aromatic carbocycles. The molecule has 1 aromatic rings. The van der Waals surface area contributed by atoms with Crippen molar-refractivity contribution in [2.75, 3.05) is 11.9 Å². The Bertz CT molecular complexity index is 577. The smallest absolute Gasteiger partial charge is 0.350 e. The molecule has 21 heavy (non-hydrogen) atoms. The van der Waals surface area contributed by atoms with Gasteiger partial charge in [0.15, 0.2) is 17.1 Å². The number of nitrogens with zero attached hydrogens (tertiary/aromatic N) is 1. The third-order valence-corrected chi connectivity index (χ3v) is 2.29.